The summed E-state index contributed by atoms with van der Waals surface area (Å²) < 4.78 is 5.58. The highest BCUT2D eigenvalue weighted by Gasteiger charge is 2.33. The van der Waals surface area contributed by atoms with Gasteiger partial charge in [-0.05, 0) is 25.3 Å². The van der Waals surface area contributed by atoms with Crippen molar-refractivity contribution in [2.75, 3.05) is 32.8 Å². The number of morpholine rings is 1. The first-order valence-corrected chi connectivity index (χ1v) is 7.45. The van der Waals surface area contributed by atoms with E-state index in [0.29, 0.717) is 25.4 Å². The molecule has 3 heterocycles. The highest BCUT2D eigenvalue weighted by Crippen LogP contribution is 2.15. The molecule has 0 radical (unpaired) electrons. The zero-order valence-electron chi connectivity index (χ0n) is 12.0. The number of nitrogens with zero attached hydrogens (tertiary/aromatic N) is 3. The Morgan fingerprint density at radius 2 is 2.00 bits per heavy atom. The van der Waals surface area contributed by atoms with Crippen LogP contribution in [0, 0.1) is 0 Å². The SMILES string of the molecule is O=C(c1ccn[nH]1)N1CCO[C@@H](C(=O)N2CCCCC2)C1. The third-order valence-electron chi connectivity index (χ3n) is 4.03. The number of piperidine rings is 1. The molecule has 0 aromatic carbocycles. The molecule has 0 unspecified atom stereocenters. The Labute approximate surface area is 123 Å². The lowest BCUT2D eigenvalue weighted by molar-refractivity contribution is -0.149. The van der Waals surface area contributed by atoms with Crippen LogP contribution in [0.1, 0.15) is 29.8 Å². The van der Waals surface area contributed by atoms with E-state index in [0.717, 1.165) is 25.9 Å². The van der Waals surface area contributed by atoms with Crippen molar-refractivity contribution < 1.29 is 14.3 Å². The van der Waals surface area contributed by atoms with Crippen molar-refractivity contribution in [3.8, 4) is 0 Å². The number of H-pyrrole nitrogens is 1. The van der Waals surface area contributed by atoms with Gasteiger partial charge in [-0.2, -0.15) is 5.10 Å². The Kier molecular flexibility index (Phi) is 4.19. The van der Waals surface area contributed by atoms with E-state index >= 15 is 0 Å². The normalized spacial score (nSPS) is 23.1. The Bertz CT molecular complexity index is 496. The van der Waals surface area contributed by atoms with Crippen LogP contribution in [0.2, 0.25) is 0 Å². The van der Waals surface area contributed by atoms with E-state index in [1.54, 1.807) is 17.2 Å². The third-order valence-corrected chi connectivity index (χ3v) is 4.03. The maximum atomic E-state index is 12.5. The van der Waals surface area contributed by atoms with Gasteiger partial charge >= 0.3 is 0 Å². The molecular formula is C14H20N4O3. The van der Waals surface area contributed by atoms with Crippen molar-refractivity contribution in [1.29, 1.82) is 0 Å². The molecule has 0 aliphatic carbocycles. The topological polar surface area (TPSA) is 78.5 Å². The lowest BCUT2D eigenvalue weighted by atomic mass is 10.1. The van der Waals surface area contributed by atoms with Crippen LogP contribution < -0.4 is 0 Å². The van der Waals surface area contributed by atoms with E-state index in [9.17, 15) is 9.59 Å². The highest BCUT2D eigenvalue weighted by atomic mass is 16.5. The second-order valence-corrected chi connectivity index (χ2v) is 5.47. The number of amides is 2. The Balaban J connectivity index is 1.62. The molecule has 1 aromatic rings. The minimum atomic E-state index is -0.538. The van der Waals surface area contributed by atoms with Crippen molar-refractivity contribution in [3.63, 3.8) is 0 Å². The van der Waals surface area contributed by atoms with E-state index < -0.39 is 6.10 Å². The predicted octanol–water partition coefficient (Wildman–Crippen LogP) is 0.263. The molecular weight excluding hydrogens is 272 g/mol. The second kappa shape index (κ2) is 6.26. The number of ether oxygens (including phenoxy) is 1. The number of hydrogen-bond donors (Lipinski definition) is 1. The van der Waals surface area contributed by atoms with Gasteiger partial charge < -0.3 is 14.5 Å². The maximum Gasteiger partial charge on any atom is 0.272 e. The fourth-order valence-corrected chi connectivity index (χ4v) is 2.85. The molecule has 0 spiro atoms. The zero-order valence-corrected chi connectivity index (χ0v) is 12.0. The van der Waals surface area contributed by atoms with Crippen LogP contribution in [-0.4, -0.2) is 70.7 Å². The fourth-order valence-electron chi connectivity index (χ4n) is 2.85. The molecule has 2 amide bonds. The molecule has 1 aromatic heterocycles. The standard InChI is InChI=1S/C14H20N4O3/c19-13(11-4-5-15-16-11)18-8-9-21-12(10-18)14(20)17-6-2-1-3-7-17/h4-5,12H,1-3,6-10H2,(H,15,16)/t12-/m1/s1. The van der Waals surface area contributed by atoms with Gasteiger partial charge in [-0.15, -0.1) is 0 Å². The molecule has 2 aliphatic heterocycles. The number of carbonyl (C=O) groups is 2. The summed E-state index contributed by atoms with van der Waals surface area (Å²) in [5, 5.41) is 6.45. The highest BCUT2D eigenvalue weighted by molar-refractivity contribution is 5.93. The van der Waals surface area contributed by atoms with Gasteiger partial charge in [0, 0.05) is 25.8 Å². The quantitative estimate of drug-likeness (QED) is 0.848. The van der Waals surface area contributed by atoms with Crippen LogP contribution in [0.25, 0.3) is 0 Å². The summed E-state index contributed by atoms with van der Waals surface area (Å²) in [6.07, 6.45) is 4.29. The third kappa shape index (κ3) is 3.07. The minimum Gasteiger partial charge on any atom is -0.365 e. The molecule has 1 N–H and O–H groups in total. The van der Waals surface area contributed by atoms with Gasteiger partial charge in [0.2, 0.25) is 0 Å². The molecule has 1 atom stereocenters. The number of hydrogen-bond acceptors (Lipinski definition) is 4. The van der Waals surface area contributed by atoms with Crippen molar-refractivity contribution in [2.24, 2.45) is 0 Å². The van der Waals surface area contributed by atoms with Crippen LogP contribution in [0.4, 0.5) is 0 Å². The van der Waals surface area contributed by atoms with Gasteiger partial charge in [-0.1, -0.05) is 0 Å². The van der Waals surface area contributed by atoms with Crippen LogP contribution in [0.5, 0.6) is 0 Å². The Hall–Kier alpha value is -1.89. The van der Waals surface area contributed by atoms with Crippen molar-refractivity contribution in [1.82, 2.24) is 20.0 Å². The van der Waals surface area contributed by atoms with E-state index in [1.165, 1.54) is 6.42 Å². The average molecular weight is 292 g/mol. The van der Waals surface area contributed by atoms with Crippen molar-refractivity contribution >= 4 is 11.8 Å². The molecule has 2 saturated heterocycles. The number of aromatic amines is 1. The predicted molar refractivity (Wildman–Crippen MR) is 74.7 cm³/mol. The molecule has 2 aliphatic rings. The van der Waals surface area contributed by atoms with Gasteiger partial charge in [0.05, 0.1) is 13.2 Å². The second-order valence-electron chi connectivity index (χ2n) is 5.47. The number of aromatic nitrogens is 2. The molecule has 0 bridgehead atoms. The summed E-state index contributed by atoms with van der Waals surface area (Å²) in [6, 6.07) is 1.64. The number of rotatable bonds is 2. The van der Waals surface area contributed by atoms with Crippen molar-refractivity contribution in [3.05, 3.63) is 18.0 Å². The van der Waals surface area contributed by atoms with E-state index in [2.05, 4.69) is 10.2 Å². The average Bonchev–Trinajstić information content (AvgIpc) is 3.09. The minimum absolute atomic E-state index is 0.0109. The van der Waals surface area contributed by atoms with E-state index in [4.69, 9.17) is 4.74 Å². The van der Waals surface area contributed by atoms with Crippen LogP contribution >= 0.6 is 0 Å². The summed E-state index contributed by atoms with van der Waals surface area (Å²) >= 11 is 0. The number of carbonyl (C=O) groups excluding carboxylic acids is 2. The largest absolute Gasteiger partial charge is 0.365 e. The summed E-state index contributed by atoms with van der Waals surface area (Å²) in [7, 11) is 0. The first kappa shape index (κ1) is 14.1. The van der Waals surface area contributed by atoms with E-state index in [1.807, 2.05) is 4.90 Å². The van der Waals surface area contributed by atoms with Gasteiger partial charge in [-0.25, -0.2) is 0 Å². The van der Waals surface area contributed by atoms with Gasteiger partial charge in [0.1, 0.15) is 5.69 Å². The number of nitrogens with one attached hydrogen (secondary N) is 1. The molecule has 0 saturated carbocycles. The van der Waals surface area contributed by atoms with Gasteiger partial charge in [0.25, 0.3) is 11.8 Å². The molecule has 2 fully saturated rings. The Morgan fingerprint density at radius 1 is 1.19 bits per heavy atom. The molecule has 114 valence electrons. The Morgan fingerprint density at radius 3 is 2.71 bits per heavy atom. The first-order valence-electron chi connectivity index (χ1n) is 7.45. The molecule has 21 heavy (non-hydrogen) atoms. The van der Waals surface area contributed by atoms with Crippen molar-refractivity contribution in [2.45, 2.75) is 25.4 Å². The first-order chi connectivity index (χ1) is 10.3. The lowest BCUT2D eigenvalue weighted by Gasteiger charge is -2.36. The summed E-state index contributed by atoms with van der Waals surface area (Å²) in [4.78, 5) is 28.2. The molecule has 7 heteroatoms. The molecule has 7 nitrogen and oxygen atoms in total. The smallest absolute Gasteiger partial charge is 0.272 e. The molecule has 3 rings (SSSR count). The van der Waals surface area contributed by atoms with Crippen LogP contribution in [-0.2, 0) is 9.53 Å². The monoisotopic (exact) mass is 292 g/mol. The maximum absolute atomic E-state index is 12.5. The van der Waals surface area contributed by atoms with Gasteiger partial charge in [0.15, 0.2) is 6.10 Å². The van der Waals surface area contributed by atoms with Crippen LogP contribution in [0.3, 0.4) is 0 Å². The zero-order chi connectivity index (χ0) is 14.7. The summed E-state index contributed by atoms with van der Waals surface area (Å²) in [5.41, 5.74) is 0.445. The summed E-state index contributed by atoms with van der Waals surface area (Å²) in [6.45, 7) is 2.80. The van der Waals surface area contributed by atoms with Gasteiger partial charge in [-0.3, -0.25) is 14.7 Å². The lowest BCUT2D eigenvalue weighted by Crippen LogP contribution is -2.53. The number of likely N-dealkylation sites (tertiary alicyclic amines) is 1. The summed E-state index contributed by atoms with van der Waals surface area (Å²) in [5.74, 6) is -0.121. The van der Waals surface area contributed by atoms with E-state index in [-0.39, 0.29) is 11.8 Å². The fraction of sp³-hybridized carbons (Fsp3) is 0.643. The van der Waals surface area contributed by atoms with Crippen LogP contribution in [0.15, 0.2) is 12.3 Å².